The summed E-state index contributed by atoms with van der Waals surface area (Å²) < 4.78 is 6.03. The number of hydrogen-bond acceptors (Lipinski definition) is 6. The predicted molar refractivity (Wildman–Crippen MR) is 140 cm³/mol. The third-order valence-electron chi connectivity index (χ3n) is 7.16. The Morgan fingerprint density at radius 2 is 1.84 bits per heavy atom. The topological polar surface area (TPSA) is 100.0 Å². The second-order valence-electron chi connectivity index (χ2n) is 9.45. The number of aliphatic carboxylic acids is 1. The molecule has 0 atom stereocenters. The number of halogens is 1. The molecule has 3 heterocycles. The van der Waals surface area contributed by atoms with Crippen LogP contribution in [0.5, 0.6) is 11.6 Å². The lowest BCUT2D eigenvalue weighted by molar-refractivity contribution is -0.131. The van der Waals surface area contributed by atoms with Crippen LogP contribution in [-0.2, 0) is 16.8 Å². The smallest absolute Gasteiger partial charge is 0.377 e. The molecule has 0 radical (unpaired) electrons. The van der Waals surface area contributed by atoms with E-state index < -0.39 is 17.4 Å². The van der Waals surface area contributed by atoms with Crippen molar-refractivity contribution in [2.45, 2.75) is 31.3 Å². The molecule has 1 saturated heterocycles. The molecule has 2 aromatic carbocycles. The van der Waals surface area contributed by atoms with Crippen molar-refractivity contribution in [2.24, 2.45) is 0 Å². The second kappa shape index (κ2) is 10.5. The number of nitrogens with zero attached hydrogens (tertiary/aromatic N) is 2. The van der Waals surface area contributed by atoms with Crippen LogP contribution in [0, 0.1) is 0 Å². The third kappa shape index (κ3) is 5.30. The lowest BCUT2D eigenvalue weighted by Crippen LogP contribution is -2.42. The predicted octanol–water partition coefficient (Wildman–Crippen LogP) is 5.11. The zero-order valence-electron chi connectivity index (χ0n) is 20.2. The number of aromatic nitrogens is 1. The summed E-state index contributed by atoms with van der Waals surface area (Å²) >= 11 is 6.00. The van der Waals surface area contributed by atoms with Crippen LogP contribution in [0.3, 0.4) is 0 Å². The average molecular weight is 519 g/mol. The first-order chi connectivity index (χ1) is 17.8. The lowest BCUT2D eigenvalue weighted by atomic mass is 9.84. The molecule has 1 aromatic heterocycles. The van der Waals surface area contributed by atoms with E-state index in [1.807, 2.05) is 36.4 Å². The first-order valence-corrected chi connectivity index (χ1v) is 12.6. The fourth-order valence-electron chi connectivity index (χ4n) is 5.08. The Bertz CT molecular complexity index is 1360. The number of benzene rings is 2. The summed E-state index contributed by atoms with van der Waals surface area (Å²) in [5, 5.41) is 21.1. The van der Waals surface area contributed by atoms with Gasteiger partial charge in [0.2, 0.25) is 5.88 Å². The van der Waals surface area contributed by atoms with Gasteiger partial charge in [0, 0.05) is 54.0 Å². The highest BCUT2D eigenvalue weighted by Gasteiger charge is 2.33. The summed E-state index contributed by atoms with van der Waals surface area (Å²) in [6.45, 7) is 2.34. The zero-order valence-corrected chi connectivity index (χ0v) is 20.9. The number of piperidine rings is 1. The Kier molecular flexibility index (Phi) is 7.11. The quantitative estimate of drug-likeness (QED) is 0.345. The first-order valence-electron chi connectivity index (χ1n) is 12.3. The third-order valence-corrected chi connectivity index (χ3v) is 7.42. The summed E-state index contributed by atoms with van der Waals surface area (Å²) in [6, 6.07) is 16.0. The van der Waals surface area contributed by atoms with Gasteiger partial charge >= 0.3 is 5.97 Å². The van der Waals surface area contributed by atoms with E-state index in [0.29, 0.717) is 41.5 Å². The normalized spacial score (nSPS) is 17.8. The van der Waals surface area contributed by atoms with Crippen molar-refractivity contribution in [3.63, 3.8) is 0 Å². The van der Waals surface area contributed by atoms with Crippen molar-refractivity contribution in [1.29, 1.82) is 0 Å². The van der Waals surface area contributed by atoms with E-state index in [-0.39, 0.29) is 5.56 Å². The van der Waals surface area contributed by atoms with Gasteiger partial charge < -0.3 is 19.8 Å². The largest absolute Gasteiger partial charge is 0.475 e. The Hall–Kier alpha value is -3.52. The minimum atomic E-state index is -1.50. The van der Waals surface area contributed by atoms with Crippen LogP contribution >= 0.6 is 11.6 Å². The van der Waals surface area contributed by atoms with Gasteiger partial charge in [0.05, 0.1) is 5.60 Å². The monoisotopic (exact) mass is 518 g/mol. The van der Waals surface area contributed by atoms with Crippen LogP contribution < -0.4 is 4.74 Å². The van der Waals surface area contributed by atoms with Crippen molar-refractivity contribution in [3.8, 4) is 11.6 Å². The minimum Gasteiger partial charge on any atom is -0.475 e. The van der Waals surface area contributed by atoms with Gasteiger partial charge in [-0.3, -0.25) is 4.79 Å². The fraction of sp³-hybridized carbons (Fsp3) is 0.276. The minimum absolute atomic E-state index is 0.126. The van der Waals surface area contributed by atoms with Crippen molar-refractivity contribution >= 4 is 28.9 Å². The summed E-state index contributed by atoms with van der Waals surface area (Å²) in [5.74, 6) is -1.59. The molecule has 2 aliphatic heterocycles. The molecular formula is C29H27ClN2O5. The van der Waals surface area contributed by atoms with Crippen molar-refractivity contribution in [3.05, 3.63) is 94.1 Å². The SMILES string of the molecule is O=C(O)C(=O)c1cccc2c1CC(=CCCN1CCC(O)(c3ccc(Cl)cc3)CC1)c1cccnc1O2. The lowest BCUT2D eigenvalue weighted by Gasteiger charge is -2.38. The van der Waals surface area contributed by atoms with Gasteiger partial charge in [-0.1, -0.05) is 41.9 Å². The number of rotatable bonds is 6. The summed E-state index contributed by atoms with van der Waals surface area (Å²) in [4.78, 5) is 30.5. The molecule has 2 N–H and O–H groups in total. The number of hydrogen-bond donors (Lipinski definition) is 2. The van der Waals surface area contributed by atoms with E-state index in [0.717, 1.165) is 42.8 Å². The van der Waals surface area contributed by atoms with Crippen molar-refractivity contribution < 1.29 is 24.5 Å². The maximum Gasteiger partial charge on any atom is 0.377 e. The molecule has 1 fully saturated rings. The Labute approximate surface area is 220 Å². The Balaban J connectivity index is 1.32. The zero-order chi connectivity index (χ0) is 26.0. The number of carbonyl (C=O) groups is 2. The molecule has 37 heavy (non-hydrogen) atoms. The Morgan fingerprint density at radius 1 is 1.08 bits per heavy atom. The van der Waals surface area contributed by atoms with Gasteiger partial charge in [0.15, 0.2) is 0 Å². The van der Waals surface area contributed by atoms with Gasteiger partial charge in [-0.05, 0) is 60.7 Å². The number of Topliss-reactive ketones (excluding diaryl/α,β-unsaturated/α-hetero) is 1. The molecule has 5 rings (SSSR count). The number of fused-ring (bicyclic) bond motifs is 2. The van der Waals surface area contributed by atoms with E-state index in [9.17, 15) is 19.8 Å². The number of carboxylic acid groups (broad SMARTS) is 1. The summed E-state index contributed by atoms with van der Waals surface area (Å²) in [5.41, 5.74) is 2.47. The van der Waals surface area contributed by atoms with Crippen LogP contribution in [-0.4, -0.2) is 51.5 Å². The van der Waals surface area contributed by atoms with Crippen molar-refractivity contribution in [2.75, 3.05) is 19.6 Å². The van der Waals surface area contributed by atoms with Gasteiger partial charge in [0.1, 0.15) is 5.75 Å². The molecular weight excluding hydrogens is 492 g/mol. The summed E-state index contributed by atoms with van der Waals surface area (Å²) in [6.07, 6.45) is 6.14. The van der Waals surface area contributed by atoms with E-state index >= 15 is 0 Å². The molecule has 2 aliphatic rings. The number of ketones is 1. The molecule has 0 spiro atoms. The van der Waals surface area contributed by atoms with E-state index in [1.165, 1.54) is 6.07 Å². The maximum absolute atomic E-state index is 12.4. The van der Waals surface area contributed by atoms with Gasteiger partial charge in [0.25, 0.3) is 5.78 Å². The first kappa shape index (κ1) is 25.1. The van der Waals surface area contributed by atoms with Gasteiger partial charge in [-0.2, -0.15) is 0 Å². The van der Waals surface area contributed by atoms with E-state index in [4.69, 9.17) is 16.3 Å². The number of pyridine rings is 1. The molecule has 0 aliphatic carbocycles. The van der Waals surface area contributed by atoms with Gasteiger partial charge in [-0.15, -0.1) is 0 Å². The molecule has 3 aromatic rings. The molecule has 8 heteroatoms. The number of likely N-dealkylation sites (tertiary alicyclic amines) is 1. The molecule has 0 bridgehead atoms. The number of carbonyl (C=O) groups excluding carboxylic acids is 1. The molecule has 0 saturated carbocycles. The highest BCUT2D eigenvalue weighted by atomic mass is 35.5. The van der Waals surface area contributed by atoms with Gasteiger partial charge in [-0.25, -0.2) is 9.78 Å². The van der Waals surface area contributed by atoms with E-state index in [2.05, 4.69) is 16.0 Å². The molecule has 0 amide bonds. The molecule has 0 unspecified atom stereocenters. The molecule has 7 nitrogen and oxygen atoms in total. The standard InChI is InChI=1S/C29H27ClN2O5/c30-21-10-8-20(9-11-21)29(36)12-16-32(17-13-29)15-3-4-19-18-24-23(26(33)28(34)35)5-1-7-25(24)37-27-22(19)6-2-14-31-27/h1-2,4-11,14,36H,3,12-13,15-18H2,(H,34,35). The average Bonchev–Trinajstić information content (AvgIpc) is 3.06. The van der Waals surface area contributed by atoms with E-state index in [1.54, 1.807) is 18.3 Å². The fourth-order valence-corrected chi connectivity index (χ4v) is 5.20. The number of carboxylic acids is 1. The number of ether oxygens (including phenoxy) is 1. The van der Waals surface area contributed by atoms with Crippen molar-refractivity contribution in [1.82, 2.24) is 9.88 Å². The molecule has 190 valence electrons. The van der Waals surface area contributed by atoms with Crippen LogP contribution in [0.4, 0.5) is 0 Å². The number of aliphatic hydroxyl groups is 1. The maximum atomic E-state index is 12.4. The van der Waals surface area contributed by atoms with Crippen LogP contribution in [0.15, 0.2) is 66.9 Å². The Morgan fingerprint density at radius 3 is 2.57 bits per heavy atom. The summed E-state index contributed by atoms with van der Waals surface area (Å²) in [7, 11) is 0. The number of allylic oxidation sites excluding steroid dienone is 1. The van der Waals surface area contributed by atoms with Crippen LogP contribution in [0.1, 0.15) is 46.3 Å². The second-order valence-corrected chi connectivity index (χ2v) is 9.89. The highest BCUT2D eigenvalue weighted by molar-refractivity contribution is 6.40. The highest BCUT2D eigenvalue weighted by Crippen LogP contribution is 2.39. The van der Waals surface area contributed by atoms with Crippen LogP contribution in [0.25, 0.3) is 5.57 Å². The van der Waals surface area contributed by atoms with Crippen LogP contribution in [0.2, 0.25) is 5.02 Å².